The van der Waals surface area contributed by atoms with Crippen molar-refractivity contribution in [3.63, 3.8) is 0 Å². The van der Waals surface area contributed by atoms with Gasteiger partial charge in [0.15, 0.2) is 0 Å². The van der Waals surface area contributed by atoms with E-state index < -0.39 is 0 Å². The maximum atomic E-state index is 6.13. The topological polar surface area (TPSA) is 44.5 Å². The van der Waals surface area contributed by atoms with Gasteiger partial charge in [-0.3, -0.25) is 0 Å². The van der Waals surface area contributed by atoms with Gasteiger partial charge in [-0.15, -0.1) is 0 Å². The third-order valence-corrected chi connectivity index (χ3v) is 3.86. The van der Waals surface area contributed by atoms with Gasteiger partial charge in [-0.1, -0.05) is 20.8 Å². The van der Waals surface area contributed by atoms with Crippen LogP contribution < -0.4 is 15.2 Å². The van der Waals surface area contributed by atoms with Crippen LogP contribution in [0.1, 0.15) is 40.0 Å². The molecule has 1 saturated carbocycles. The highest BCUT2D eigenvalue weighted by Crippen LogP contribution is 2.41. The molecule has 0 spiro atoms. The number of benzene rings is 1. The van der Waals surface area contributed by atoms with Gasteiger partial charge in [0, 0.05) is 6.07 Å². The highest BCUT2D eigenvalue weighted by Gasteiger charge is 2.33. The largest absolute Gasteiger partial charge is 0.497 e. The monoisotopic (exact) mass is 263 g/mol. The van der Waals surface area contributed by atoms with Crippen molar-refractivity contribution < 1.29 is 9.47 Å². The van der Waals surface area contributed by atoms with Crippen LogP contribution in [0.2, 0.25) is 0 Å². The van der Waals surface area contributed by atoms with E-state index in [0.717, 1.165) is 24.3 Å². The summed E-state index contributed by atoms with van der Waals surface area (Å²) in [4.78, 5) is 0. The molecule has 2 atom stereocenters. The van der Waals surface area contributed by atoms with Gasteiger partial charge >= 0.3 is 0 Å². The van der Waals surface area contributed by atoms with Crippen LogP contribution in [0.25, 0.3) is 0 Å². The number of rotatable bonds is 3. The molecule has 1 aliphatic rings. The van der Waals surface area contributed by atoms with E-state index >= 15 is 0 Å². The summed E-state index contributed by atoms with van der Waals surface area (Å²) in [6.07, 6.45) is 3.68. The fraction of sp³-hybridized carbons (Fsp3) is 0.625. The van der Waals surface area contributed by atoms with Crippen molar-refractivity contribution >= 4 is 5.69 Å². The summed E-state index contributed by atoms with van der Waals surface area (Å²) < 4.78 is 11.4. The predicted molar refractivity (Wildman–Crippen MR) is 78.6 cm³/mol. The van der Waals surface area contributed by atoms with E-state index in [4.69, 9.17) is 15.2 Å². The molecule has 1 aromatic carbocycles. The summed E-state index contributed by atoms with van der Waals surface area (Å²) in [5.74, 6) is 2.22. The molecule has 3 nitrogen and oxygen atoms in total. The maximum absolute atomic E-state index is 6.13. The fourth-order valence-corrected chi connectivity index (χ4v) is 3.27. The molecule has 2 unspecified atom stereocenters. The van der Waals surface area contributed by atoms with Crippen LogP contribution in [0.5, 0.6) is 11.5 Å². The van der Waals surface area contributed by atoms with E-state index in [2.05, 4.69) is 20.8 Å². The van der Waals surface area contributed by atoms with E-state index in [1.165, 1.54) is 6.42 Å². The molecule has 0 heterocycles. The minimum absolute atomic E-state index is 0.244. The van der Waals surface area contributed by atoms with Crippen molar-refractivity contribution in [1.82, 2.24) is 0 Å². The molecule has 0 amide bonds. The molecule has 2 rings (SSSR count). The lowest BCUT2D eigenvalue weighted by atomic mass is 9.71. The lowest BCUT2D eigenvalue weighted by molar-refractivity contribution is 0.0566. The summed E-state index contributed by atoms with van der Waals surface area (Å²) in [6, 6.07) is 5.57. The Bertz CT molecular complexity index is 442. The summed E-state index contributed by atoms with van der Waals surface area (Å²) in [5.41, 5.74) is 7.00. The zero-order valence-corrected chi connectivity index (χ0v) is 12.4. The van der Waals surface area contributed by atoms with Crippen molar-refractivity contribution in [1.29, 1.82) is 0 Å². The first-order valence-electron chi connectivity index (χ1n) is 7.00. The third-order valence-electron chi connectivity index (χ3n) is 3.86. The molecule has 1 aliphatic carbocycles. The predicted octanol–water partition coefficient (Wildman–Crippen LogP) is 3.87. The quantitative estimate of drug-likeness (QED) is 0.842. The van der Waals surface area contributed by atoms with Crippen LogP contribution in [0.3, 0.4) is 0 Å². The van der Waals surface area contributed by atoms with Gasteiger partial charge < -0.3 is 15.2 Å². The Labute approximate surface area is 116 Å². The Hall–Kier alpha value is -1.38. The van der Waals surface area contributed by atoms with Crippen LogP contribution in [0.4, 0.5) is 5.69 Å². The Balaban J connectivity index is 2.12. The molecule has 3 heteroatoms. The van der Waals surface area contributed by atoms with Crippen molar-refractivity contribution in [2.45, 2.75) is 46.1 Å². The first kappa shape index (κ1) is 14.0. The van der Waals surface area contributed by atoms with Crippen LogP contribution in [-0.2, 0) is 0 Å². The average Bonchev–Trinajstić information content (AvgIpc) is 2.29. The number of nitrogen functional groups attached to an aromatic ring is 1. The number of hydrogen-bond donors (Lipinski definition) is 1. The summed E-state index contributed by atoms with van der Waals surface area (Å²) in [5, 5.41) is 0. The average molecular weight is 263 g/mol. The van der Waals surface area contributed by atoms with Gasteiger partial charge in [0.1, 0.15) is 11.5 Å². The molecule has 0 saturated heterocycles. The van der Waals surface area contributed by atoms with E-state index in [0.29, 0.717) is 17.0 Å². The van der Waals surface area contributed by atoms with Crippen LogP contribution in [0, 0.1) is 11.3 Å². The van der Waals surface area contributed by atoms with Gasteiger partial charge in [-0.2, -0.15) is 0 Å². The fourth-order valence-electron chi connectivity index (χ4n) is 3.27. The van der Waals surface area contributed by atoms with E-state index in [1.54, 1.807) is 7.11 Å². The Kier molecular flexibility index (Phi) is 3.93. The number of ether oxygens (including phenoxy) is 2. The van der Waals surface area contributed by atoms with E-state index in [-0.39, 0.29) is 6.10 Å². The van der Waals surface area contributed by atoms with Crippen molar-refractivity contribution in [3.8, 4) is 11.5 Å². The summed E-state index contributed by atoms with van der Waals surface area (Å²) in [7, 11) is 1.65. The van der Waals surface area contributed by atoms with Gasteiger partial charge in [-0.05, 0) is 42.7 Å². The number of nitrogens with two attached hydrogens (primary N) is 1. The van der Waals surface area contributed by atoms with Crippen LogP contribution in [-0.4, -0.2) is 13.2 Å². The van der Waals surface area contributed by atoms with Crippen LogP contribution >= 0.6 is 0 Å². The molecule has 0 aliphatic heterocycles. The molecule has 0 radical (unpaired) electrons. The lowest BCUT2D eigenvalue weighted by Gasteiger charge is -2.39. The molecule has 106 valence electrons. The summed E-state index contributed by atoms with van der Waals surface area (Å²) >= 11 is 0. The van der Waals surface area contributed by atoms with Crippen molar-refractivity contribution in [3.05, 3.63) is 18.2 Å². The highest BCUT2D eigenvalue weighted by atomic mass is 16.5. The van der Waals surface area contributed by atoms with Crippen molar-refractivity contribution in [2.75, 3.05) is 12.8 Å². The molecule has 0 aromatic heterocycles. The molecular weight excluding hydrogens is 238 g/mol. The first-order valence-corrected chi connectivity index (χ1v) is 7.00. The lowest BCUT2D eigenvalue weighted by Crippen LogP contribution is -2.34. The highest BCUT2D eigenvalue weighted by molar-refractivity contribution is 5.55. The maximum Gasteiger partial charge on any atom is 0.146 e. The first-order chi connectivity index (χ1) is 8.89. The molecule has 1 fully saturated rings. The molecule has 0 bridgehead atoms. The second kappa shape index (κ2) is 5.32. The van der Waals surface area contributed by atoms with Gasteiger partial charge in [-0.25, -0.2) is 0 Å². The third kappa shape index (κ3) is 3.55. The van der Waals surface area contributed by atoms with Crippen molar-refractivity contribution in [2.24, 2.45) is 11.3 Å². The van der Waals surface area contributed by atoms with Gasteiger partial charge in [0.05, 0.1) is 18.9 Å². The second-order valence-electron chi connectivity index (χ2n) is 6.56. The molecule has 1 aromatic rings. The van der Waals surface area contributed by atoms with E-state index in [1.807, 2.05) is 18.2 Å². The number of hydrogen-bond acceptors (Lipinski definition) is 3. The zero-order chi connectivity index (χ0) is 14.0. The molecular formula is C16H25NO2. The van der Waals surface area contributed by atoms with Crippen LogP contribution in [0.15, 0.2) is 18.2 Å². The van der Waals surface area contributed by atoms with E-state index in [9.17, 15) is 0 Å². The number of anilines is 1. The Morgan fingerprint density at radius 3 is 2.63 bits per heavy atom. The Morgan fingerprint density at radius 2 is 2.00 bits per heavy atom. The molecule has 2 N–H and O–H groups in total. The smallest absolute Gasteiger partial charge is 0.146 e. The number of methoxy groups -OCH3 is 1. The van der Waals surface area contributed by atoms with Gasteiger partial charge in [0.25, 0.3) is 0 Å². The van der Waals surface area contributed by atoms with Gasteiger partial charge in [0.2, 0.25) is 0 Å². The standard InChI is InChI=1S/C16H25NO2/c1-11-7-13(10-16(2,3)9-11)19-15-8-12(18-4)5-6-14(15)17/h5-6,8,11,13H,7,9-10,17H2,1-4H3. The second-order valence-corrected chi connectivity index (χ2v) is 6.56. The SMILES string of the molecule is COc1ccc(N)c(OC2CC(C)CC(C)(C)C2)c1. The zero-order valence-electron chi connectivity index (χ0n) is 12.4. The summed E-state index contributed by atoms with van der Waals surface area (Å²) in [6.45, 7) is 6.92. The molecule has 19 heavy (non-hydrogen) atoms. The Morgan fingerprint density at radius 1 is 1.26 bits per heavy atom. The minimum atomic E-state index is 0.244. The minimum Gasteiger partial charge on any atom is -0.497 e. The normalized spacial score (nSPS) is 25.9.